The van der Waals surface area contributed by atoms with Crippen molar-refractivity contribution in [3.63, 3.8) is 0 Å². The van der Waals surface area contributed by atoms with Crippen molar-refractivity contribution in [2.75, 3.05) is 5.75 Å². The molecule has 0 saturated heterocycles. The van der Waals surface area contributed by atoms with E-state index in [0.29, 0.717) is 18.3 Å². The predicted molar refractivity (Wildman–Crippen MR) is 112 cm³/mol. The van der Waals surface area contributed by atoms with Gasteiger partial charge in [0.1, 0.15) is 16.6 Å². The standard InChI is InChI=1S/C23H28FNO2S/c24-20-8-5-16(6-9-20)3-1-12-28-21-23(22(26)27,10-2-11-25-21)15-19-14-17-4-7-18(19)13-17/h2,5-6,8-11,17-19,21H,1,3-4,7,12-15H2,(H,26,27). The van der Waals surface area contributed by atoms with Crippen LogP contribution in [0.1, 0.15) is 44.1 Å². The van der Waals surface area contributed by atoms with E-state index in [1.807, 2.05) is 24.3 Å². The fourth-order valence-corrected chi connectivity index (χ4v) is 6.63. The smallest absolute Gasteiger partial charge is 0.316 e. The Morgan fingerprint density at radius 3 is 2.75 bits per heavy atom. The highest BCUT2D eigenvalue weighted by Gasteiger charge is 2.50. The number of rotatable bonds is 8. The molecule has 28 heavy (non-hydrogen) atoms. The van der Waals surface area contributed by atoms with Crippen molar-refractivity contribution in [1.29, 1.82) is 0 Å². The van der Waals surface area contributed by atoms with Crippen LogP contribution in [0.2, 0.25) is 0 Å². The molecule has 3 aliphatic rings. The monoisotopic (exact) mass is 401 g/mol. The number of aryl methyl sites for hydroxylation is 1. The zero-order valence-corrected chi connectivity index (χ0v) is 16.9. The highest BCUT2D eigenvalue weighted by atomic mass is 32.2. The van der Waals surface area contributed by atoms with Crippen molar-refractivity contribution < 1.29 is 14.3 Å². The van der Waals surface area contributed by atoms with E-state index in [2.05, 4.69) is 4.99 Å². The van der Waals surface area contributed by atoms with Crippen LogP contribution in [0.3, 0.4) is 0 Å². The number of aliphatic imine (C=N–C) groups is 1. The molecule has 3 nitrogen and oxygen atoms in total. The summed E-state index contributed by atoms with van der Waals surface area (Å²) in [6, 6.07) is 6.61. The number of hydrogen-bond acceptors (Lipinski definition) is 3. The van der Waals surface area contributed by atoms with Gasteiger partial charge in [-0.25, -0.2) is 4.39 Å². The summed E-state index contributed by atoms with van der Waals surface area (Å²) < 4.78 is 13.0. The van der Waals surface area contributed by atoms with Crippen LogP contribution in [0.4, 0.5) is 4.39 Å². The number of benzene rings is 1. The maximum Gasteiger partial charge on any atom is 0.316 e. The first-order valence-corrected chi connectivity index (χ1v) is 11.4. The fraction of sp³-hybridized carbons (Fsp3) is 0.565. The maximum absolute atomic E-state index is 13.0. The number of carboxylic acid groups (broad SMARTS) is 1. The molecule has 150 valence electrons. The molecule has 0 radical (unpaired) electrons. The quantitative estimate of drug-likeness (QED) is 0.597. The van der Waals surface area contributed by atoms with Crippen molar-refractivity contribution in [3.05, 3.63) is 47.8 Å². The van der Waals surface area contributed by atoms with E-state index in [9.17, 15) is 14.3 Å². The highest BCUT2D eigenvalue weighted by Crippen LogP contribution is 2.54. The van der Waals surface area contributed by atoms with E-state index in [0.717, 1.165) is 30.1 Å². The summed E-state index contributed by atoms with van der Waals surface area (Å²) in [5, 5.41) is 9.91. The molecule has 4 rings (SSSR count). The summed E-state index contributed by atoms with van der Waals surface area (Å²) in [6.45, 7) is 0. The SMILES string of the molecule is O=C(O)C1(CC2CC3CCC2C3)C=CC=NC1SCCCc1ccc(F)cc1. The van der Waals surface area contributed by atoms with Gasteiger partial charge in [0, 0.05) is 6.21 Å². The summed E-state index contributed by atoms with van der Waals surface area (Å²) in [6.07, 6.45) is 13.1. The number of carboxylic acids is 1. The first kappa shape index (κ1) is 19.7. The van der Waals surface area contributed by atoms with E-state index in [4.69, 9.17) is 0 Å². The van der Waals surface area contributed by atoms with E-state index in [1.165, 1.54) is 37.8 Å². The Hall–Kier alpha value is -1.62. The summed E-state index contributed by atoms with van der Waals surface area (Å²) in [5.41, 5.74) is 0.227. The Morgan fingerprint density at radius 1 is 1.25 bits per heavy atom. The van der Waals surface area contributed by atoms with Gasteiger partial charge in [-0.05, 0) is 85.8 Å². The number of aliphatic carboxylic acids is 1. The highest BCUT2D eigenvalue weighted by molar-refractivity contribution is 7.99. The zero-order chi connectivity index (χ0) is 19.6. The van der Waals surface area contributed by atoms with Crippen LogP contribution in [0.5, 0.6) is 0 Å². The van der Waals surface area contributed by atoms with Gasteiger partial charge < -0.3 is 5.11 Å². The molecule has 2 fully saturated rings. The Balaban J connectivity index is 1.37. The van der Waals surface area contributed by atoms with Gasteiger partial charge in [-0.3, -0.25) is 9.79 Å². The van der Waals surface area contributed by atoms with Crippen molar-refractivity contribution >= 4 is 23.9 Å². The van der Waals surface area contributed by atoms with Gasteiger partial charge in [-0.15, -0.1) is 11.8 Å². The second kappa shape index (κ2) is 8.40. The molecule has 1 N–H and O–H groups in total. The normalized spacial score (nSPS) is 33.5. The molecule has 1 heterocycles. The van der Waals surface area contributed by atoms with Gasteiger partial charge >= 0.3 is 5.97 Å². The number of nitrogens with zero attached hydrogens (tertiary/aromatic N) is 1. The van der Waals surface area contributed by atoms with Crippen LogP contribution in [0, 0.1) is 29.0 Å². The van der Waals surface area contributed by atoms with Crippen LogP contribution in [-0.2, 0) is 11.2 Å². The molecule has 2 aliphatic carbocycles. The largest absolute Gasteiger partial charge is 0.481 e. The molecule has 2 saturated carbocycles. The Kier molecular flexibility index (Phi) is 5.91. The van der Waals surface area contributed by atoms with Crippen LogP contribution >= 0.6 is 11.8 Å². The van der Waals surface area contributed by atoms with Crippen LogP contribution in [0.25, 0.3) is 0 Å². The second-order valence-corrected chi connectivity index (χ2v) is 9.78. The Labute approximate surface area is 170 Å². The molecule has 0 amide bonds. The maximum atomic E-state index is 13.0. The number of halogens is 1. The molecule has 0 spiro atoms. The third kappa shape index (κ3) is 4.05. The first-order valence-electron chi connectivity index (χ1n) is 10.4. The molecule has 5 atom stereocenters. The van der Waals surface area contributed by atoms with Crippen molar-refractivity contribution in [2.24, 2.45) is 28.2 Å². The van der Waals surface area contributed by atoms with Gasteiger partial charge in [-0.2, -0.15) is 0 Å². The molecule has 2 bridgehead atoms. The lowest BCUT2D eigenvalue weighted by Crippen LogP contribution is -2.42. The van der Waals surface area contributed by atoms with Crippen molar-refractivity contribution in [2.45, 2.75) is 50.3 Å². The lowest BCUT2D eigenvalue weighted by atomic mass is 9.73. The van der Waals surface area contributed by atoms with E-state index >= 15 is 0 Å². The third-order valence-corrected chi connectivity index (χ3v) is 8.21. The van der Waals surface area contributed by atoms with E-state index in [1.54, 1.807) is 18.0 Å². The summed E-state index contributed by atoms with van der Waals surface area (Å²) in [4.78, 5) is 17.0. The molecule has 1 aliphatic heterocycles. The number of allylic oxidation sites excluding steroid dienone is 1. The van der Waals surface area contributed by atoms with Gasteiger partial charge in [0.25, 0.3) is 0 Å². The number of thioether (sulfide) groups is 1. The summed E-state index contributed by atoms with van der Waals surface area (Å²) >= 11 is 1.65. The topological polar surface area (TPSA) is 49.7 Å². The molecular weight excluding hydrogens is 373 g/mol. The summed E-state index contributed by atoms with van der Waals surface area (Å²) in [7, 11) is 0. The number of fused-ring (bicyclic) bond motifs is 2. The molecule has 1 aromatic carbocycles. The van der Waals surface area contributed by atoms with Gasteiger partial charge in [0.05, 0.1) is 0 Å². The average Bonchev–Trinajstić information content (AvgIpc) is 3.31. The number of carbonyl (C=O) groups is 1. The Morgan fingerprint density at radius 2 is 2.07 bits per heavy atom. The van der Waals surface area contributed by atoms with E-state index < -0.39 is 11.4 Å². The minimum Gasteiger partial charge on any atom is -0.481 e. The summed E-state index contributed by atoms with van der Waals surface area (Å²) in [5.74, 6) is 1.95. The van der Waals surface area contributed by atoms with E-state index in [-0.39, 0.29) is 11.2 Å². The van der Waals surface area contributed by atoms with Crippen LogP contribution in [0.15, 0.2) is 41.4 Å². The molecule has 1 aromatic rings. The number of dihydropyridines is 1. The van der Waals surface area contributed by atoms with Gasteiger partial charge in [-0.1, -0.05) is 24.6 Å². The van der Waals surface area contributed by atoms with Crippen LogP contribution < -0.4 is 0 Å². The predicted octanol–water partition coefficient (Wildman–Crippen LogP) is 5.36. The number of hydrogen-bond donors (Lipinski definition) is 1. The molecule has 5 heteroatoms. The van der Waals surface area contributed by atoms with Crippen molar-refractivity contribution in [1.82, 2.24) is 0 Å². The van der Waals surface area contributed by atoms with Crippen LogP contribution in [-0.4, -0.2) is 28.4 Å². The molecular formula is C23H28FNO2S. The third-order valence-electron chi connectivity index (χ3n) is 6.82. The lowest BCUT2D eigenvalue weighted by Gasteiger charge is -2.37. The average molecular weight is 402 g/mol. The molecule has 5 unspecified atom stereocenters. The second-order valence-electron chi connectivity index (χ2n) is 8.60. The minimum absolute atomic E-state index is 0.215. The zero-order valence-electron chi connectivity index (χ0n) is 16.1. The van der Waals surface area contributed by atoms with Gasteiger partial charge in [0.15, 0.2) is 0 Å². The molecule has 0 aromatic heterocycles. The van der Waals surface area contributed by atoms with Gasteiger partial charge in [0.2, 0.25) is 0 Å². The Bertz CT molecular complexity index is 762. The first-order chi connectivity index (χ1) is 13.6. The van der Waals surface area contributed by atoms with Crippen molar-refractivity contribution in [3.8, 4) is 0 Å². The minimum atomic E-state index is -0.884. The lowest BCUT2D eigenvalue weighted by molar-refractivity contribution is -0.147. The fourth-order valence-electron chi connectivity index (χ4n) is 5.37.